The summed E-state index contributed by atoms with van der Waals surface area (Å²) in [6.45, 7) is 6.07. The van der Waals surface area contributed by atoms with E-state index in [9.17, 15) is 19.5 Å². The van der Waals surface area contributed by atoms with E-state index in [-0.39, 0.29) is 67.1 Å². The van der Waals surface area contributed by atoms with Crippen molar-refractivity contribution in [3.8, 4) is 5.75 Å². The van der Waals surface area contributed by atoms with Gasteiger partial charge in [0.2, 0.25) is 0 Å². The summed E-state index contributed by atoms with van der Waals surface area (Å²) in [7, 11) is 1.58. The van der Waals surface area contributed by atoms with Crippen LogP contribution in [0.3, 0.4) is 0 Å². The number of carbonyl (C=O) groups is 3. The number of alkyl halides is 1. The second kappa shape index (κ2) is 18.9. The highest BCUT2D eigenvalue weighted by Gasteiger charge is 2.43. The number of morpholine rings is 1. The topological polar surface area (TPSA) is 198 Å². The average molecular weight is 878 g/mol. The number of halogens is 1. The molecule has 3 aromatic carbocycles. The van der Waals surface area contributed by atoms with E-state index in [2.05, 4.69) is 38.0 Å². The van der Waals surface area contributed by atoms with Crippen molar-refractivity contribution in [2.75, 3.05) is 71.0 Å². The van der Waals surface area contributed by atoms with E-state index in [1.54, 1.807) is 59.3 Å². The Bertz CT molecular complexity index is 2400. The number of nitrogens with one attached hydrogen (secondary N) is 1. The molecule has 4 aliphatic heterocycles. The van der Waals surface area contributed by atoms with Crippen LogP contribution in [-0.4, -0.2) is 126 Å². The minimum Gasteiger partial charge on any atom is -0.507 e. The number of anilines is 1. The second-order valence-electron chi connectivity index (χ2n) is 17.5. The quantitative estimate of drug-likeness (QED) is 0.0960. The fourth-order valence-corrected chi connectivity index (χ4v) is 9.85. The standard InChI is InChI=1S/C48H60FN9O6/c1-31-24-39-34(25-38(31)57(17-5-23-59)47(62)53-2)12-20-56(39)35-13-18-54(19-14-35)30-48(49)15-21-55(22-16-48)46(61)33-10-8-32(9-11-33)43-27-58(41-28-63-29-44(41)64-43)40(45(51)52)26-37(50)36-6-3-4-7-42(36)60/h3-4,6-12,20,23-26,35,41,43-44,60H,5,13-19,21-22,27-30,50-52H2,1-2H3,(H,53,62)/b37-26-. The van der Waals surface area contributed by atoms with E-state index >= 15 is 4.39 Å². The SMILES string of the molecule is CNC(=O)N(CCC=O)c1cc2ccn(C3CCN(CC4(F)CCN(C(=O)c5ccc(C6CN(C(/C=C(\N)c7ccccc7O)=C(N)N)C7COCC7O6)cc5)CC4)CC3)c2cc1C. The van der Waals surface area contributed by atoms with Crippen molar-refractivity contribution in [2.24, 2.45) is 17.2 Å². The van der Waals surface area contributed by atoms with Gasteiger partial charge in [-0.15, -0.1) is 0 Å². The van der Waals surface area contributed by atoms with Crippen molar-refractivity contribution in [3.05, 3.63) is 113 Å². The number of rotatable bonds is 12. The van der Waals surface area contributed by atoms with Gasteiger partial charge in [-0.05, 0) is 79.4 Å². The number of para-hydroxylation sites is 1. The van der Waals surface area contributed by atoms with Crippen LogP contribution >= 0.6 is 0 Å². The number of phenols is 1. The first kappa shape index (κ1) is 44.5. The zero-order chi connectivity index (χ0) is 45.1. The molecule has 0 bridgehead atoms. The lowest BCUT2D eigenvalue weighted by Crippen LogP contribution is -2.51. The number of allylic oxidation sites excluding steroid dienone is 1. The molecule has 0 aliphatic carbocycles. The van der Waals surface area contributed by atoms with Gasteiger partial charge >= 0.3 is 6.03 Å². The number of hydrogen-bond acceptors (Lipinski definition) is 11. The molecule has 4 saturated heterocycles. The van der Waals surface area contributed by atoms with Crippen molar-refractivity contribution in [1.82, 2.24) is 24.6 Å². The summed E-state index contributed by atoms with van der Waals surface area (Å²) >= 11 is 0. The smallest absolute Gasteiger partial charge is 0.321 e. The van der Waals surface area contributed by atoms with Crippen LogP contribution in [0.4, 0.5) is 14.9 Å². The number of ether oxygens (including phenoxy) is 2. The molecule has 8 rings (SSSR count). The van der Waals surface area contributed by atoms with Crippen LogP contribution < -0.4 is 27.4 Å². The third-order valence-electron chi connectivity index (χ3n) is 13.4. The normalized spacial score (nSPS) is 21.7. The molecule has 16 heteroatoms. The number of benzene rings is 3. The molecule has 64 heavy (non-hydrogen) atoms. The summed E-state index contributed by atoms with van der Waals surface area (Å²) in [5, 5.41) is 14.1. The predicted molar refractivity (Wildman–Crippen MR) is 244 cm³/mol. The molecule has 15 nitrogen and oxygen atoms in total. The van der Waals surface area contributed by atoms with E-state index in [0.29, 0.717) is 68.5 Å². The molecule has 1 aromatic heterocycles. The van der Waals surface area contributed by atoms with Crippen LogP contribution in [0.1, 0.15) is 71.3 Å². The van der Waals surface area contributed by atoms with Crippen LogP contribution in [0.5, 0.6) is 5.75 Å². The summed E-state index contributed by atoms with van der Waals surface area (Å²) in [5.41, 5.74) is 23.1. The van der Waals surface area contributed by atoms with E-state index in [4.69, 9.17) is 26.7 Å². The van der Waals surface area contributed by atoms with Crippen molar-refractivity contribution in [3.63, 3.8) is 0 Å². The largest absolute Gasteiger partial charge is 0.507 e. The molecular weight excluding hydrogens is 818 g/mol. The van der Waals surface area contributed by atoms with Gasteiger partial charge in [0.1, 0.15) is 35.7 Å². The van der Waals surface area contributed by atoms with Crippen molar-refractivity contribution >= 4 is 40.5 Å². The maximum absolute atomic E-state index is 16.4. The third-order valence-corrected chi connectivity index (χ3v) is 13.4. The first-order valence-electron chi connectivity index (χ1n) is 22.2. The van der Waals surface area contributed by atoms with Gasteiger partial charge in [-0.3, -0.25) is 9.69 Å². The number of aldehydes is 1. The molecule has 3 atom stereocenters. The summed E-state index contributed by atoms with van der Waals surface area (Å²) < 4.78 is 31.1. The first-order chi connectivity index (χ1) is 30.9. The van der Waals surface area contributed by atoms with Gasteiger partial charge in [0, 0.05) is 118 Å². The maximum atomic E-state index is 16.4. The van der Waals surface area contributed by atoms with Gasteiger partial charge in [0.05, 0.1) is 25.0 Å². The predicted octanol–water partition coefficient (Wildman–Crippen LogP) is 4.90. The molecule has 4 aromatic rings. The van der Waals surface area contributed by atoms with E-state index in [0.717, 1.165) is 59.9 Å². The first-order valence-corrected chi connectivity index (χ1v) is 22.2. The number of amides is 3. The van der Waals surface area contributed by atoms with Crippen molar-refractivity contribution in [2.45, 2.75) is 69.0 Å². The summed E-state index contributed by atoms with van der Waals surface area (Å²) in [5.74, 6) is -0.00869. The van der Waals surface area contributed by atoms with Crippen LogP contribution in [0, 0.1) is 6.92 Å². The number of nitrogens with zero attached hydrogens (tertiary/aromatic N) is 5. The Morgan fingerprint density at radius 2 is 1.73 bits per heavy atom. The fourth-order valence-electron chi connectivity index (χ4n) is 9.85. The zero-order valence-electron chi connectivity index (χ0n) is 36.6. The molecule has 8 N–H and O–H groups in total. The molecular formula is C48H60FN9O6. The summed E-state index contributed by atoms with van der Waals surface area (Å²) in [6, 6.07) is 20.2. The van der Waals surface area contributed by atoms with E-state index in [1.165, 1.54) is 0 Å². The van der Waals surface area contributed by atoms with E-state index in [1.807, 2.05) is 25.1 Å². The Morgan fingerprint density at radius 1 is 1.00 bits per heavy atom. The number of likely N-dealkylation sites (tertiary alicyclic amines) is 2. The number of aryl methyl sites for hydroxylation is 1. The number of carbonyl (C=O) groups excluding carboxylic acids is 3. The third kappa shape index (κ3) is 9.26. The number of urea groups is 1. The monoisotopic (exact) mass is 877 g/mol. The van der Waals surface area contributed by atoms with Gasteiger partial charge < -0.3 is 61.2 Å². The van der Waals surface area contributed by atoms with Crippen LogP contribution in [0.2, 0.25) is 0 Å². The van der Waals surface area contributed by atoms with Gasteiger partial charge in [-0.25, -0.2) is 9.18 Å². The molecule has 4 fully saturated rings. The van der Waals surface area contributed by atoms with Crippen LogP contribution in [0.15, 0.2) is 90.5 Å². The Labute approximate surface area is 373 Å². The molecule has 340 valence electrons. The molecule has 5 heterocycles. The maximum Gasteiger partial charge on any atom is 0.321 e. The summed E-state index contributed by atoms with van der Waals surface area (Å²) in [6.07, 6.45) is 6.52. The molecule has 0 saturated carbocycles. The molecule has 0 spiro atoms. The summed E-state index contributed by atoms with van der Waals surface area (Å²) in [4.78, 5) is 45.1. The minimum absolute atomic E-state index is 0.0434. The van der Waals surface area contributed by atoms with Gasteiger partial charge in [0.25, 0.3) is 5.91 Å². The highest BCUT2D eigenvalue weighted by Crippen LogP contribution is 2.37. The number of hydrogen-bond donors (Lipinski definition) is 5. The highest BCUT2D eigenvalue weighted by molar-refractivity contribution is 5.96. The van der Waals surface area contributed by atoms with Crippen molar-refractivity contribution in [1.29, 1.82) is 0 Å². The fraction of sp³-hybridized carbons (Fsp3) is 0.438. The Kier molecular flexibility index (Phi) is 13.2. The Morgan fingerprint density at radius 3 is 2.42 bits per heavy atom. The molecule has 3 unspecified atom stereocenters. The Hall–Kier alpha value is -6.10. The van der Waals surface area contributed by atoms with Gasteiger partial charge in [-0.2, -0.15) is 0 Å². The number of nitrogens with two attached hydrogens (primary N) is 3. The molecule has 0 radical (unpaired) electrons. The van der Waals surface area contributed by atoms with Crippen LogP contribution in [-0.2, 0) is 14.3 Å². The lowest BCUT2D eigenvalue weighted by molar-refractivity contribution is -0.107. The number of aromatic hydroxyl groups is 1. The van der Waals surface area contributed by atoms with Gasteiger partial charge in [0.15, 0.2) is 0 Å². The number of aromatic nitrogens is 1. The number of fused-ring (bicyclic) bond motifs is 2. The lowest BCUT2D eigenvalue weighted by atomic mass is 9.91. The molecule has 3 amide bonds. The number of phenolic OH excluding ortho intramolecular Hbond substituents is 1. The average Bonchev–Trinajstić information content (AvgIpc) is 3.95. The second-order valence-corrected chi connectivity index (χ2v) is 17.5. The number of piperidine rings is 2. The minimum atomic E-state index is -1.38. The zero-order valence-corrected chi connectivity index (χ0v) is 36.6. The van der Waals surface area contributed by atoms with E-state index < -0.39 is 5.67 Å². The van der Waals surface area contributed by atoms with Crippen molar-refractivity contribution < 1.29 is 33.4 Å². The lowest BCUT2D eigenvalue weighted by Gasteiger charge is -2.43. The highest BCUT2D eigenvalue weighted by atomic mass is 19.1. The van der Waals surface area contributed by atoms with Gasteiger partial charge in [-0.1, -0.05) is 24.3 Å². The van der Waals surface area contributed by atoms with Crippen LogP contribution in [0.25, 0.3) is 16.6 Å². The Balaban J connectivity index is 0.852. The molecule has 4 aliphatic rings.